The predicted molar refractivity (Wildman–Crippen MR) is 49.9 cm³/mol. The third-order valence-electron chi connectivity index (χ3n) is 1.70. The SMILES string of the molecule is FC=C(Cl)CC(F)(F)C(F)C(F)(F)CC(F)(F)Cl. The zero-order chi connectivity index (χ0) is 14.8. The quantitative estimate of drug-likeness (QED) is 0.462. The molecular formula is C8H6Cl2F8. The molecule has 0 heterocycles. The van der Waals surface area contributed by atoms with Crippen LogP contribution in [0.1, 0.15) is 12.8 Å². The summed E-state index contributed by atoms with van der Waals surface area (Å²) in [6.45, 7) is 0. The Bertz CT molecular complexity index is 309. The van der Waals surface area contributed by atoms with Gasteiger partial charge in [-0.15, -0.1) is 0 Å². The van der Waals surface area contributed by atoms with Gasteiger partial charge in [-0.3, -0.25) is 0 Å². The third kappa shape index (κ3) is 5.60. The summed E-state index contributed by atoms with van der Waals surface area (Å²) in [6.07, 6.45) is -9.31. The lowest BCUT2D eigenvalue weighted by Crippen LogP contribution is -2.46. The monoisotopic (exact) mass is 324 g/mol. The van der Waals surface area contributed by atoms with Crippen LogP contribution in [0.3, 0.4) is 0 Å². The van der Waals surface area contributed by atoms with Crippen LogP contribution in [0.15, 0.2) is 11.4 Å². The van der Waals surface area contributed by atoms with Gasteiger partial charge in [-0.1, -0.05) is 11.6 Å². The van der Waals surface area contributed by atoms with Gasteiger partial charge < -0.3 is 0 Å². The summed E-state index contributed by atoms with van der Waals surface area (Å²) in [7, 11) is 0. The van der Waals surface area contributed by atoms with Gasteiger partial charge in [-0.2, -0.15) is 8.78 Å². The van der Waals surface area contributed by atoms with Crippen LogP contribution < -0.4 is 0 Å². The van der Waals surface area contributed by atoms with Gasteiger partial charge >= 0.3 is 5.38 Å². The molecule has 0 amide bonds. The van der Waals surface area contributed by atoms with Crippen LogP contribution in [-0.2, 0) is 0 Å². The molecule has 0 aromatic heterocycles. The van der Waals surface area contributed by atoms with Gasteiger partial charge in [0.15, 0.2) is 0 Å². The Morgan fingerprint density at radius 3 is 1.83 bits per heavy atom. The van der Waals surface area contributed by atoms with Crippen molar-refractivity contribution in [2.75, 3.05) is 0 Å². The maximum Gasteiger partial charge on any atom is 0.327 e. The van der Waals surface area contributed by atoms with Crippen LogP contribution in [-0.4, -0.2) is 23.4 Å². The van der Waals surface area contributed by atoms with Crippen molar-refractivity contribution in [1.82, 2.24) is 0 Å². The average molecular weight is 325 g/mol. The minimum absolute atomic E-state index is 0.545. The summed E-state index contributed by atoms with van der Waals surface area (Å²) in [5, 5.41) is -5.78. The Kier molecular flexibility index (Phi) is 5.74. The van der Waals surface area contributed by atoms with Gasteiger partial charge in [0, 0.05) is 0 Å². The molecule has 0 rings (SSSR count). The Labute approximate surface area is 107 Å². The molecule has 0 N–H and O–H groups in total. The van der Waals surface area contributed by atoms with E-state index in [4.69, 9.17) is 11.6 Å². The van der Waals surface area contributed by atoms with E-state index in [0.717, 1.165) is 0 Å². The second-order valence-electron chi connectivity index (χ2n) is 3.41. The highest BCUT2D eigenvalue weighted by Gasteiger charge is 2.59. The highest BCUT2D eigenvalue weighted by Crippen LogP contribution is 2.44. The van der Waals surface area contributed by atoms with Crippen molar-refractivity contribution in [3.8, 4) is 0 Å². The largest absolute Gasteiger partial charge is 0.327 e. The maximum absolute atomic E-state index is 12.9. The van der Waals surface area contributed by atoms with Crippen molar-refractivity contribution >= 4 is 23.2 Å². The highest BCUT2D eigenvalue weighted by molar-refractivity contribution is 6.29. The molecule has 0 saturated carbocycles. The Hall–Kier alpha value is -0.240. The first-order valence-corrected chi connectivity index (χ1v) is 4.98. The molecule has 0 aromatic carbocycles. The standard InChI is InChI=1S/C8H6Cl2F8/c9-4(2-11)1-6(13,14)5(12)7(15,16)3-8(10,17)18/h2,5H,1,3H2. The Morgan fingerprint density at radius 1 is 1.06 bits per heavy atom. The summed E-state index contributed by atoms with van der Waals surface area (Å²) in [4.78, 5) is 0. The number of rotatable bonds is 6. The minimum atomic E-state index is -5.10. The lowest BCUT2D eigenvalue weighted by Gasteiger charge is -2.28. The summed E-state index contributed by atoms with van der Waals surface area (Å²) in [5.41, 5.74) is 0. The zero-order valence-electron chi connectivity index (χ0n) is 8.35. The number of hydrogen-bond donors (Lipinski definition) is 0. The molecule has 0 spiro atoms. The van der Waals surface area contributed by atoms with Gasteiger partial charge in [0.1, 0.15) is 6.33 Å². The van der Waals surface area contributed by atoms with Crippen LogP contribution in [0.2, 0.25) is 0 Å². The van der Waals surface area contributed by atoms with Crippen LogP contribution in [0.4, 0.5) is 35.1 Å². The molecule has 1 unspecified atom stereocenters. The normalized spacial score (nSPS) is 16.9. The predicted octanol–water partition coefficient (Wildman–Crippen LogP) is 5.26. The fraction of sp³-hybridized carbons (Fsp3) is 0.750. The van der Waals surface area contributed by atoms with E-state index in [-0.39, 0.29) is 0 Å². The van der Waals surface area contributed by atoms with Crippen LogP contribution in [0.5, 0.6) is 0 Å². The third-order valence-corrected chi connectivity index (χ3v) is 2.05. The van der Waals surface area contributed by atoms with E-state index in [1.54, 1.807) is 0 Å². The van der Waals surface area contributed by atoms with E-state index in [9.17, 15) is 35.1 Å². The molecule has 0 aromatic rings. The van der Waals surface area contributed by atoms with Gasteiger partial charge in [0.2, 0.25) is 6.17 Å². The molecular weight excluding hydrogens is 319 g/mol. The number of hydrogen-bond acceptors (Lipinski definition) is 0. The molecule has 0 aliphatic carbocycles. The van der Waals surface area contributed by atoms with Crippen molar-refractivity contribution in [2.45, 2.75) is 36.2 Å². The van der Waals surface area contributed by atoms with Gasteiger partial charge in [-0.25, -0.2) is 26.3 Å². The average Bonchev–Trinajstić information content (AvgIpc) is 2.11. The van der Waals surface area contributed by atoms with Crippen LogP contribution in [0, 0.1) is 0 Å². The van der Waals surface area contributed by atoms with E-state index in [1.165, 1.54) is 0 Å². The summed E-state index contributed by atoms with van der Waals surface area (Å²) in [6, 6.07) is 0. The maximum atomic E-state index is 12.9. The summed E-state index contributed by atoms with van der Waals surface area (Å²) >= 11 is 8.92. The summed E-state index contributed by atoms with van der Waals surface area (Å²) in [5.74, 6) is -9.91. The zero-order valence-corrected chi connectivity index (χ0v) is 9.86. The highest BCUT2D eigenvalue weighted by atomic mass is 35.5. The second-order valence-corrected chi connectivity index (χ2v) is 4.45. The lowest BCUT2D eigenvalue weighted by molar-refractivity contribution is -0.197. The second kappa shape index (κ2) is 5.81. The van der Waals surface area contributed by atoms with E-state index in [0.29, 0.717) is 0 Å². The lowest BCUT2D eigenvalue weighted by atomic mass is 10.0. The molecule has 0 aliphatic rings. The first kappa shape index (κ1) is 17.8. The number of halogens is 10. The smallest absolute Gasteiger partial charge is 0.234 e. The molecule has 0 radical (unpaired) electrons. The van der Waals surface area contributed by atoms with E-state index < -0.39 is 47.6 Å². The Morgan fingerprint density at radius 2 is 1.50 bits per heavy atom. The van der Waals surface area contributed by atoms with Crippen molar-refractivity contribution in [2.24, 2.45) is 0 Å². The fourth-order valence-corrected chi connectivity index (χ4v) is 1.38. The van der Waals surface area contributed by atoms with Crippen molar-refractivity contribution in [1.29, 1.82) is 0 Å². The van der Waals surface area contributed by atoms with Crippen molar-refractivity contribution in [3.05, 3.63) is 11.4 Å². The first-order valence-electron chi connectivity index (χ1n) is 4.23. The molecule has 0 saturated heterocycles. The molecule has 18 heavy (non-hydrogen) atoms. The number of allylic oxidation sites excluding steroid dienone is 1. The van der Waals surface area contributed by atoms with E-state index in [2.05, 4.69) is 11.6 Å². The molecule has 1 atom stereocenters. The van der Waals surface area contributed by atoms with Gasteiger partial charge in [0.05, 0.1) is 17.9 Å². The van der Waals surface area contributed by atoms with Crippen molar-refractivity contribution in [3.63, 3.8) is 0 Å². The van der Waals surface area contributed by atoms with Crippen LogP contribution in [0.25, 0.3) is 0 Å². The molecule has 108 valence electrons. The van der Waals surface area contributed by atoms with Gasteiger partial charge in [-0.05, 0) is 11.6 Å². The van der Waals surface area contributed by atoms with Crippen molar-refractivity contribution < 1.29 is 35.1 Å². The molecule has 10 heteroatoms. The van der Waals surface area contributed by atoms with Gasteiger partial charge in [0.25, 0.3) is 11.8 Å². The molecule has 0 fully saturated rings. The van der Waals surface area contributed by atoms with E-state index in [1.807, 2.05) is 0 Å². The Balaban J connectivity index is 4.95. The topological polar surface area (TPSA) is 0 Å². The van der Waals surface area contributed by atoms with Crippen LogP contribution >= 0.6 is 23.2 Å². The molecule has 0 nitrogen and oxygen atoms in total. The molecule has 0 bridgehead atoms. The summed E-state index contributed by atoms with van der Waals surface area (Å²) < 4.78 is 100. The minimum Gasteiger partial charge on any atom is -0.234 e. The molecule has 0 aliphatic heterocycles. The first-order chi connectivity index (χ1) is 7.82. The van der Waals surface area contributed by atoms with E-state index >= 15 is 0 Å². The number of alkyl halides is 8. The fourth-order valence-electron chi connectivity index (χ4n) is 1.02.